The quantitative estimate of drug-likeness (QED) is 0.666. The van der Waals surface area contributed by atoms with Gasteiger partial charge in [0, 0.05) is 10.0 Å². The largest absolute Gasteiger partial charge is 0.416 e. The van der Waals surface area contributed by atoms with E-state index in [1.807, 2.05) is 0 Å². The van der Waals surface area contributed by atoms with Crippen LogP contribution in [0.4, 0.5) is 22.0 Å². The van der Waals surface area contributed by atoms with E-state index in [4.69, 9.17) is 0 Å². The summed E-state index contributed by atoms with van der Waals surface area (Å²) in [7, 11) is 0. The molecule has 6 heteroatoms. The van der Waals surface area contributed by atoms with Gasteiger partial charge in [-0.05, 0) is 18.2 Å². The summed E-state index contributed by atoms with van der Waals surface area (Å²) in [5.41, 5.74) is -1.73. The summed E-state index contributed by atoms with van der Waals surface area (Å²) in [6.07, 6.45) is -7.52. The second-order valence-electron chi connectivity index (χ2n) is 2.53. The fourth-order valence-corrected chi connectivity index (χ4v) is 1.31. The smallest absolute Gasteiger partial charge is 0.205 e. The van der Waals surface area contributed by atoms with Gasteiger partial charge in [-0.1, -0.05) is 15.9 Å². The zero-order valence-electron chi connectivity index (χ0n) is 6.58. The first-order valence-electron chi connectivity index (χ1n) is 3.47. The van der Waals surface area contributed by atoms with E-state index in [-0.39, 0.29) is 4.47 Å². The Kier molecular flexibility index (Phi) is 3.14. The van der Waals surface area contributed by atoms with Crippen LogP contribution in [0.5, 0.6) is 0 Å². The predicted molar refractivity (Wildman–Crippen MR) is 44.1 cm³/mol. The third-order valence-corrected chi connectivity index (χ3v) is 2.28. The molecule has 0 nitrogen and oxygen atoms in total. The number of hydrogen-bond acceptors (Lipinski definition) is 0. The van der Waals surface area contributed by atoms with Gasteiger partial charge in [0.15, 0.2) is 0 Å². The van der Waals surface area contributed by atoms with Gasteiger partial charge in [-0.2, -0.15) is 13.2 Å². The van der Waals surface area contributed by atoms with Gasteiger partial charge in [-0.15, -0.1) is 0 Å². The van der Waals surface area contributed by atoms with Crippen molar-refractivity contribution in [1.82, 2.24) is 0 Å². The third kappa shape index (κ3) is 2.43. The second-order valence-corrected chi connectivity index (χ2v) is 3.39. The second kappa shape index (κ2) is 3.84. The molecule has 0 aliphatic heterocycles. The molecule has 0 saturated carbocycles. The highest BCUT2D eigenvalue weighted by molar-refractivity contribution is 9.10. The molecule has 1 aromatic rings. The van der Waals surface area contributed by atoms with Crippen molar-refractivity contribution < 1.29 is 22.0 Å². The van der Waals surface area contributed by atoms with Crippen LogP contribution in [0.2, 0.25) is 0 Å². The lowest BCUT2D eigenvalue weighted by Gasteiger charge is -2.09. The minimum absolute atomic E-state index is 0.0273. The molecular formula is C8H4BrF5. The van der Waals surface area contributed by atoms with E-state index in [2.05, 4.69) is 15.9 Å². The fraction of sp³-hybridized carbons (Fsp3) is 0.250. The first-order valence-corrected chi connectivity index (χ1v) is 4.26. The maximum absolute atomic E-state index is 12.2. The summed E-state index contributed by atoms with van der Waals surface area (Å²) < 4.78 is 60.7. The molecule has 78 valence electrons. The van der Waals surface area contributed by atoms with Crippen molar-refractivity contribution in [3.8, 4) is 0 Å². The van der Waals surface area contributed by atoms with Gasteiger partial charge in [0.2, 0.25) is 0 Å². The summed E-state index contributed by atoms with van der Waals surface area (Å²) in [5, 5.41) is 0. The molecule has 0 aromatic heterocycles. The first kappa shape index (κ1) is 11.4. The zero-order valence-corrected chi connectivity index (χ0v) is 8.16. The van der Waals surface area contributed by atoms with Crippen LogP contribution in [0, 0.1) is 0 Å². The average Bonchev–Trinajstić information content (AvgIpc) is 2.02. The minimum atomic E-state index is -4.59. The van der Waals surface area contributed by atoms with E-state index in [1.54, 1.807) is 0 Å². The van der Waals surface area contributed by atoms with Gasteiger partial charge in [0.1, 0.15) is 0 Å². The Bertz CT molecular complexity index is 331. The molecule has 0 radical (unpaired) electrons. The predicted octanol–water partition coefficient (Wildman–Crippen LogP) is 4.41. The van der Waals surface area contributed by atoms with Gasteiger partial charge in [-0.25, -0.2) is 8.78 Å². The minimum Gasteiger partial charge on any atom is -0.205 e. The van der Waals surface area contributed by atoms with Gasteiger partial charge in [0.25, 0.3) is 6.43 Å². The molecule has 0 bridgehead atoms. The van der Waals surface area contributed by atoms with E-state index >= 15 is 0 Å². The molecule has 0 fully saturated rings. The summed E-state index contributed by atoms with van der Waals surface area (Å²) in [6.45, 7) is 0. The molecule has 0 saturated heterocycles. The first-order chi connectivity index (χ1) is 6.32. The van der Waals surface area contributed by atoms with Crippen LogP contribution in [0.3, 0.4) is 0 Å². The fourth-order valence-electron chi connectivity index (χ4n) is 0.887. The molecule has 0 spiro atoms. The summed E-state index contributed by atoms with van der Waals surface area (Å²) >= 11 is 2.75. The van der Waals surface area contributed by atoms with Gasteiger partial charge < -0.3 is 0 Å². The SMILES string of the molecule is FC(F)c1cc(C(F)(F)F)ccc1Br. The number of alkyl halides is 5. The van der Waals surface area contributed by atoms with E-state index in [9.17, 15) is 22.0 Å². The van der Waals surface area contributed by atoms with Crippen molar-refractivity contribution in [2.24, 2.45) is 0 Å². The number of benzene rings is 1. The van der Waals surface area contributed by atoms with Crippen molar-refractivity contribution in [1.29, 1.82) is 0 Å². The van der Waals surface area contributed by atoms with Crippen molar-refractivity contribution in [2.45, 2.75) is 12.6 Å². The molecule has 1 aromatic carbocycles. The number of halogens is 6. The standard InChI is InChI=1S/C8H4BrF5/c9-6-2-1-4(8(12,13)14)3-5(6)7(10)11/h1-3,7H. The van der Waals surface area contributed by atoms with E-state index in [0.717, 1.165) is 12.1 Å². The van der Waals surface area contributed by atoms with Crippen molar-refractivity contribution in [3.05, 3.63) is 33.8 Å². The Balaban J connectivity index is 3.20. The normalized spacial score (nSPS) is 12.2. The molecule has 0 unspecified atom stereocenters. The summed E-state index contributed by atoms with van der Waals surface area (Å²) in [4.78, 5) is 0. The Morgan fingerprint density at radius 2 is 1.71 bits per heavy atom. The molecule has 0 aliphatic rings. The Labute approximate surface area is 84.9 Å². The van der Waals surface area contributed by atoms with Crippen molar-refractivity contribution in [2.75, 3.05) is 0 Å². The average molecular weight is 275 g/mol. The van der Waals surface area contributed by atoms with Crippen LogP contribution in [-0.2, 0) is 6.18 Å². The van der Waals surface area contributed by atoms with Gasteiger partial charge in [-0.3, -0.25) is 0 Å². The number of rotatable bonds is 1. The highest BCUT2D eigenvalue weighted by Crippen LogP contribution is 2.35. The molecule has 14 heavy (non-hydrogen) atoms. The highest BCUT2D eigenvalue weighted by atomic mass is 79.9. The van der Waals surface area contributed by atoms with Crippen LogP contribution in [0.1, 0.15) is 17.6 Å². The van der Waals surface area contributed by atoms with Crippen LogP contribution < -0.4 is 0 Å². The monoisotopic (exact) mass is 274 g/mol. The summed E-state index contributed by atoms with van der Waals surface area (Å²) in [5.74, 6) is 0. The maximum atomic E-state index is 12.2. The Hall–Kier alpha value is -0.650. The van der Waals surface area contributed by atoms with Crippen LogP contribution in [0.15, 0.2) is 22.7 Å². The molecule has 1 rings (SSSR count). The van der Waals surface area contributed by atoms with Crippen LogP contribution in [0.25, 0.3) is 0 Å². The van der Waals surface area contributed by atoms with Crippen LogP contribution >= 0.6 is 15.9 Å². The molecule has 0 aliphatic carbocycles. The Morgan fingerprint density at radius 3 is 2.14 bits per heavy atom. The summed E-state index contributed by atoms with van der Waals surface area (Å²) in [6, 6.07) is 2.15. The topological polar surface area (TPSA) is 0 Å². The molecule has 0 amide bonds. The van der Waals surface area contributed by atoms with E-state index < -0.39 is 23.7 Å². The highest BCUT2D eigenvalue weighted by Gasteiger charge is 2.31. The molecular weight excluding hydrogens is 271 g/mol. The lowest BCUT2D eigenvalue weighted by Crippen LogP contribution is -2.05. The van der Waals surface area contributed by atoms with Gasteiger partial charge in [0.05, 0.1) is 5.56 Å². The Morgan fingerprint density at radius 1 is 1.14 bits per heavy atom. The number of hydrogen-bond donors (Lipinski definition) is 0. The maximum Gasteiger partial charge on any atom is 0.416 e. The lowest BCUT2D eigenvalue weighted by molar-refractivity contribution is -0.137. The molecule has 0 heterocycles. The van der Waals surface area contributed by atoms with Crippen LogP contribution in [-0.4, -0.2) is 0 Å². The molecule has 0 N–H and O–H groups in total. The van der Waals surface area contributed by atoms with Crippen molar-refractivity contribution >= 4 is 15.9 Å². The molecule has 0 atom stereocenters. The van der Waals surface area contributed by atoms with Crippen molar-refractivity contribution in [3.63, 3.8) is 0 Å². The van der Waals surface area contributed by atoms with E-state index in [1.165, 1.54) is 0 Å². The third-order valence-electron chi connectivity index (χ3n) is 1.56. The van der Waals surface area contributed by atoms with E-state index in [0.29, 0.717) is 6.07 Å². The zero-order chi connectivity index (χ0) is 10.9. The lowest BCUT2D eigenvalue weighted by atomic mass is 10.1. The van der Waals surface area contributed by atoms with Gasteiger partial charge >= 0.3 is 6.18 Å².